The lowest BCUT2D eigenvalue weighted by Crippen LogP contribution is -2.17. The van der Waals surface area contributed by atoms with Crippen LogP contribution in [-0.2, 0) is 6.54 Å². The van der Waals surface area contributed by atoms with E-state index in [1.165, 1.54) is 24.3 Å². The van der Waals surface area contributed by atoms with Gasteiger partial charge in [-0.3, -0.25) is 0 Å². The summed E-state index contributed by atoms with van der Waals surface area (Å²) in [5, 5.41) is 2.93. The minimum atomic E-state index is -4.77. The zero-order valence-electron chi connectivity index (χ0n) is 11.2. The molecule has 2 nitrogen and oxygen atoms in total. The van der Waals surface area contributed by atoms with Crippen molar-refractivity contribution in [3.63, 3.8) is 0 Å². The van der Waals surface area contributed by atoms with Crippen LogP contribution in [0.4, 0.5) is 17.6 Å². The van der Waals surface area contributed by atoms with Crippen LogP contribution in [0.2, 0.25) is 0 Å². The Hall–Kier alpha value is -2.08. The lowest BCUT2D eigenvalue weighted by atomic mass is 10.0. The number of ether oxygens (including phenoxy) is 1. The van der Waals surface area contributed by atoms with E-state index < -0.39 is 12.2 Å². The van der Waals surface area contributed by atoms with Crippen LogP contribution < -0.4 is 10.1 Å². The highest BCUT2D eigenvalue weighted by atomic mass is 19.4. The highest BCUT2D eigenvalue weighted by molar-refractivity contribution is 5.66. The second-order valence-electron chi connectivity index (χ2n) is 4.42. The summed E-state index contributed by atoms with van der Waals surface area (Å²) >= 11 is 0. The van der Waals surface area contributed by atoms with Crippen LogP contribution in [0, 0.1) is 5.82 Å². The fourth-order valence-corrected chi connectivity index (χ4v) is 1.97. The summed E-state index contributed by atoms with van der Waals surface area (Å²) in [5.41, 5.74) is 1.39. The van der Waals surface area contributed by atoms with Gasteiger partial charge in [0.2, 0.25) is 0 Å². The highest BCUT2D eigenvalue weighted by Gasteiger charge is 2.31. The zero-order chi connectivity index (χ0) is 15.5. The van der Waals surface area contributed by atoms with E-state index in [9.17, 15) is 17.6 Å². The maximum Gasteiger partial charge on any atom is 0.573 e. The third-order valence-electron chi connectivity index (χ3n) is 2.79. The van der Waals surface area contributed by atoms with Gasteiger partial charge in [0.25, 0.3) is 0 Å². The molecule has 112 valence electrons. The molecule has 21 heavy (non-hydrogen) atoms. The molecule has 0 aliphatic heterocycles. The molecule has 2 aromatic rings. The minimum absolute atomic E-state index is 0.232. The van der Waals surface area contributed by atoms with E-state index in [1.54, 1.807) is 19.2 Å². The molecular formula is C15H13F4NO. The number of rotatable bonds is 4. The molecule has 0 saturated heterocycles. The topological polar surface area (TPSA) is 21.3 Å². The first-order chi connectivity index (χ1) is 9.89. The summed E-state index contributed by atoms with van der Waals surface area (Å²) in [6.07, 6.45) is -4.77. The monoisotopic (exact) mass is 299 g/mol. The first kappa shape index (κ1) is 15.3. The van der Waals surface area contributed by atoms with Crippen molar-refractivity contribution in [3.8, 4) is 16.9 Å². The maximum absolute atomic E-state index is 13.9. The van der Waals surface area contributed by atoms with Gasteiger partial charge >= 0.3 is 6.36 Å². The normalized spacial score (nSPS) is 11.5. The Kier molecular flexibility index (Phi) is 4.47. The molecule has 0 radical (unpaired) electrons. The van der Waals surface area contributed by atoms with Crippen molar-refractivity contribution in [2.75, 3.05) is 7.05 Å². The fraction of sp³-hybridized carbons (Fsp3) is 0.200. The number of alkyl halides is 3. The van der Waals surface area contributed by atoms with Crippen LogP contribution in [0.15, 0.2) is 42.5 Å². The van der Waals surface area contributed by atoms with Crippen molar-refractivity contribution in [2.24, 2.45) is 0 Å². The number of nitrogens with one attached hydrogen (secondary N) is 1. The summed E-state index contributed by atoms with van der Waals surface area (Å²) in [5.74, 6) is -0.877. The van der Waals surface area contributed by atoms with E-state index in [0.717, 1.165) is 11.6 Å². The van der Waals surface area contributed by atoms with Crippen LogP contribution >= 0.6 is 0 Å². The van der Waals surface area contributed by atoms with E-state index in [4.69, 9.17) is 0 Å². The third kappa shape index (κ3) is 4.19. The quantitative estimate of drug-likeness (QED) is 0.858. The summed E-state index contributed by atoms with van der Waals surface area (Å²) in [4.78, 5) is 0. The Morgan fingerprint density at radius 3 is 2.52 bits per heavy atom. The molecule has 2 aromatic carbocycles. The van der Waals surface area contributed by atoms with Gasteiger partial charge in [0.1, 0.15) is 11.6 Å². The zero-order valence-corrected chi connectivity index (χ0v) is 11.2. The van der Waals surface area contributed by atoms with E-state index in [-0.39, 0.29) is 11.3 Å². The van der Waals surface area contributed by atoms with Gasteiger partial charge in [-0.25, -0.2) is 4.39 Å². The van der Waals surface area contributed by atoms with Gasteiger partial charge in [-0.05, 0) is 42.4 Å². The van der Waals surface area contributed by atoms with Gasteiger partial charge in [-0.15, -0.1) is 13.2 Å². The van der Waals surface area contributed by atoms with Crippen LogP contribution in [0.1, 0.15) is 5.56 Å². The van der Waals surface area contributed by atoms with Gasteiger partial charge in [-0.2, -0.15) is 0 Å². The summed E-state index contributed by atoms with van der Waals surface area (Å²) in [7, 11) is 1.75. The van der Waals surface area contributed by atoms with E-state index in [2.05, 4.69) is 10.1 Å². The van der Waals surface area contributed by atoms with Gasteiger partial charge in [0.15, 0.2) is 0 Å². The Balaban J connectivity index is 2.37. The van der Waals surface area contributed by atoms with Crippen molar-refractivity contribution >= 4 is 0 Å². The summed E-state index contributed by atoms with van der Waals surface area (Å²) in [6.45, 7) is 0.534. The van der Waals surface area contributed by atoms with Crippen molar-refractivity contribution < 1.29 is 22.3 Å². The van der Waals surface area contributed by atoms with Crippen molar-refractivity contribution in [3.05, 3.63) is 53.8 Å². The molecule has 2 rings (SSSR count). The molecule has 0 heterocycles. The molecule has 0 fully saturated rings. The van der Waals surface area contributed by atoms with Crippen LogP contribution in [0.3, 0.4) is 0 Å². The molecule has 0 aliphatic carbocycles. The SMILES string of the molecule is CNCc1ccc(F)c(-c2cccc(OC(F)(F)F)c2)c1. The molecule has 0 aliphatic rings. The van der Waals surface area contributed by atoms with Crippen LogP contribution in [0.5, 0.6) is 5.75 Å². The van der Waals surface area contributed by atoms with E-state index in [1.807, 2.05) is 0 Å². The predicted molar refractivity (Wildman–Crippen MR) is 71.3 cm³/mol. The first-order valence-corrected chi connectivity index (χ1v) is 6.18. The van der Waals surface area contributed by atoms with Crippen LogP contribution in [0.25, 0.3) is 11.1 Å². The molecular weight excluding hydrogens is 286 g/mol. The van der Waals surface area contributed by atoms with Gasteiger partial charge in [0.05, 0.1) is 0 Å². The Morgan fingerprint density at radius 2 is 1.86 bits per heavy atom. The number of hydrogen-bond acceptors (Lipinski definition) is 2. The fourth-order valence-electron chi connectivity index (χ4n) is 1.97. The second-order valence-corrected chi connectivity index (χ2v) is 4.42. The van der Waals surface area contributed by atoms with Gasteiger partial charge < -0.3 is 10.1 Å². The lowest BCUT2D eigenvalue weighted by Gasteiger charge is -2.11. The number of hydrogen-bond donors (Lipinski definition) is 1. The Labute approximate surface area is 119 Å². The molecule has 0 spiro atoms. The standard InChI is InChI=1S/C15H13F4NO/c1-20-9-10-5-6-14(16)13(7-10)11-3-2-4-12(8-11)21-15(17,18)19/h2-8,20H,9H2,1H3. The molecule has 0 atom stereocenters. The molecule has 0 aromatic heterocycles. The van der Waals surface area contributed by atoms with Crippen molar-refractivity contribution in [2.45, 2.75) is 12.9 Å². The molecule has 6 heteroatoms. The highest BCUT2D eigenvalue weighted by Crippen LogP contribution is 2.29. The first-order valence-electron chi connectivity index (χ1n) is 6.18. The molecule has 0 saturated carbocycles. The summed E-state index contributed by atoms with van der Waals surface area (Å²) in [6, 6.07) is 9.76. The number of benzene rings is 2. The second kappa shape index (κ2) is 6.13. The van der Waals surface area contributed by atoms with E-state index in [0.29, 0.717) is 12.1 Å². The van der Waals surface area contributed by atoms with Crippen molar-refractivity contribution in [1.29, 1.82) is 0 Å². The third-order valence-corrected chi connectivity index (χ3v) is 2.79. The lowest BCUT2D eigenvalue weighted by molar-refractivity contribution is -0.274. The molecule has 0 unspecified atom stereocenters. The van der Waals surface area contributed by atoms with E-state index >= 15 is 0 Å². The molecule has 1 N–H and O–H groups in total. The average Bonchev–Trinajstić information content (AvgIpc) is 2.39. The molecule has 0 bridgehead atoms. The Bertz CT molecular complexity index is 625. The largest absolute Gasteiger partial charge is 0.573 e. The number of halogens is 4. The maximum atomic E-state index is 13.9. The van der Waals surface area contributed by atoms with Gasteiger partial charge in [-0.1, -0.05) is 18.2 Å². The van der Waals surface area contributed by atoms with Crippen LogP contribution in [-0.4, -0.2) is 13.4 Å². The average molecular weight is 299 g/mol. The van der Waals surface area contributed by atoms with Crippen molar-refractivity contribution in [1.82, 2.24) is 5.32 Å². The Morgan fingerprint density at radius 1 is 1.10 bits per heavy atom. The smallest absolute Gasteiger partial charge is 0.406 e. The molecule has 0 amide bonds. The predicted octanol–water partition coefficient (Wildman–Crippen LogP) is 4.11. The minimum Gasteiger partial charge on any atom is -0.406 e. The van der Waals surface area contributed by atoms with Gasteiger partial charge in [0, 0.05) is 12.1 Å². The summed E-state index contributed by atoms with van der Waals surface area (Å²) < 4.78 is 54.4.